The lowest BCUT2D eigenvalue weighted by molar-refractivity contribution is 0.323. The Morgan fingerprint density at radius 1 is 1.28 bits per heavy atom. The highest BCUT2D eigenvalue weighted by Crippen LogP contribution is 2.25. The third-order valence-corrected chi connectivity index (χ3v) is 4.77. The van der Waals surface area contributed by atoms with Gasteiger partial charge in [-0.05, 0) is 38.8 Å². The second-order valence-electron chi connectivity index (χ2n) is 6.97. The van der Waals surface area contributed by atoms with Crippen LogP contribution in [-0.4, -0.2) is 36.6 Å². The summed E-state index contributed by atoms with van der Waals surface area (Å²) >= 11 is 0. The number of aromatic nitrogens is 6. The fourth-order valence-electron chi connectivity index (χ4n) is 3.34. The van der Waals surface area contributed by atoms with E-state index in [1.165, 1.54) is 0 Å². The summed E-state index contributed by atoms with van der Waals surface area (Å²) in [5.41, 5.74) is 6.91. The van der Waals surface area contributed by atoms with Gasteiger partial charge in [0.25, 0.3) is 0 Å². The second-order valence-corrected chi connectivity index (χ2v) is 6.97. The van der Waals surface area contributed by atoms with Crippen LogP contribution in [-0.2, 0) is 26.4 Å². The lowest BCUT2D eigenvalue weighted by Gasteiger charge is -2.11. The Morgan fingerprint density at radius 2 is 2.17 bits per heavy atom. The Bertz CT molecular complexity index is 1120. The number of pyridine rings is 2. The molecule has 0 radical (unpaired) electrons. The van der Waals surface area contributed by atoms with Crippen molar-refractivity contribution in [2.45, 2.75) is 33.2 Å². The maximum absolute atomic E-state index is 5.65. The third-order valence-electron chi connectivity index (χ3n) is 4.77. The van der Waals surface area contributed by atoms with E-state index in [9.17, 15) is 0 Å². The van der Waals surface area contributed by atoms with Crippen LogP contribution in [0.4, 0.5) is 5.69 Å². The van der Waals surface area contributed by atoms with Crippen molar-refractivity contribution in [1.29, 1.82) is 0 Å². The summed E-state index contributed by atoms with van der Waals surface area (Å²) in [6.45, 7) is 5.22. The molecule has 2 N–H and O–H groups in total. The number of aromatic amines is 1. The molecule has 0 fully saturated rings. The van der Waals surface area contributed by atoms with E-state index < -0.39 is 0 Å². The van der Waals surface area contributed by atoms with Gasteiger partial charge >= 0.3 is 0 Å². The molecule has 0 aliphatic rings. The van der Waals surface area contributed by atoms with Gasteiger partial charge in [0.2, 0.25) is 5.88 Å². The summed E-state index contributed by atoms with van der Waals surface area (Å²) in [6.07, 6.45) is 7.22. The molecule has 150 valence electrons. The monoisotopic (exact) mass is 391 g/mol. The number of hydrogen-bond donors (Lipinski definition) is 2. The normalized spacial score (nSPS) is 11.1. The number of H-pyrrole nitrogens is 1. The smallest absolute Gasteiger partial charge is 0.216 e. The number of nitrogens with zero attached hydrogens (tertiary/aromatic N) is 5. The van der Waals surface area contributed by atoms with Crippen molar-refractivity contribution in [2.24, 2.45) is 7.05 Å². The van der Waals surface area contributed by atoms with E-state index in [0.29, 0.717) is 19.0 Å². The highest BCUT2D eigenvalue weighted by atomic mass is 16.5. The molecule has 4 aromatic rings. The third kappa shape index (κ3) is 4.21. The Labute approximate surface area is 169 Å². The van der Waals surface area contributed by atoms with E-state index in [4.69, 9.17) is 9.72 Å². The average molecular weight is 391 g/mol. The van der Waals surface area contributed by atoms with E-state index in [1.807, 2.05) is 39.4 Å². The molecule has 0 spiro atoms. The maximum atomic E-state index is 5.65. The quantitative estimate of drug-likeness (QED) is 0.479. The van der Waals surface area contributed by atoms with Crippen LogP contribution in [0.1, 0.15) is 29.4 Å². The van der Waals surface area contributed by atoms with Gasteiger partial charge in [-0.3, -0.25) is 9.78 Å². The van der Waals surface area contributed by atoms with Crippen LogP contribution in [0.5, 0.6) is 5.88 Å². The molecule has 0 bridgehead atoms. The second kappa shape index (κ2) is 8.30. The van der Waals surface area contributed by atoms with Gasteiger partial charge in [-0.1, -0.05) is 6.07 Å². The topological polar surface area (TPSA) is 93.5 Å². The van der Waals surface area contributed by atoms with Gasteiger partial charge in [0, 0.05) is 42.8 Å². The molecule has 29 heavy (non-hydrogen) atoms. The summed E-state index contributed by atoms with van der Waals surface area (Å²) in [7, 11) is 1.92. The van der Waals surface area contributed by atoms with Gasteiger partial charge < -0.3 is 10.1 Å². The molecule has 0 aliphatic carbocycles. The molecule has 0 amide bonds. The van der Waals surface area contributed by atoms with Crippen LogP contribution in [0, 0.1) is 6.92 Å². The van der Waals surface area contributed by atoms with Crippen LogP contribution in [0.15, 0.2) is 36.8 Å². The predicted octanol–water partition coefficient (Wildman–Crippen LogP) is 3.19. The summed E-state index contributed by atoms with van der Waals surface area (Å²) in [5, 5.41) is 15.2. The van der Waals surface area contributed by atoms with Crippen LogP contribution in [0.25, 0.3) is 11.0 Å². The van der Waals surface area contributed by atoms with E-state index in [2.05, 4.69) is 37.7 Å². The number of nitrogens with one attached hydrogen (secondary N) is 2. The molecular weight excluding hydrogens is 366 g/mol. The number of anilines is 1. The number of fused-ring (bicyclic) bond motifs is 1. The van der Waals surface area contributed by atoms with Crippen LogP contribution in [0.2, 0.25) is 0 Å². The molecule has 4 heterocycles. The molecule has 0 aliphatic heterocycles. The van der Waals surface area contributed by atoms with E-state index >= 15 is 0 Å². The average Bonchev–Trinajstić information content (AvgIpc) is 3.31. The van der Waals surface area contributed by atoms with Crippen molar-refractivity contribution in [2.75, 3.05) is 11.9 Å². The summed E-state index contributed by atoms with van der Waals surface area (Å²) in [4.78, 5) is 9.17. The first-order chi connectivity index (χ1) is 14.1. The van der Waals surface area contributed by atoms with Gasteiger partial charge in [-0.25, -0.2) is 9.97 Å². The molecule has 4 rings (SSSR count). The van der Waals surface area contributed by atoms with Crippen LogP contribution in [0.3, 0.4) is 0 Å². The molecule has 0 aromatic carbocycles. The van der Waals surface area contributed by atoms with Crippen molar-refractivity contribution in [3.63, 3.8) is 0 Å². The summed E-state index contributed by atoms with van der Waals surface area (Å²) in [5.74, 6) is 0.700. The van der Waals surface area contributed by atoms with Gasteiger partial charge in [0.1, 0.15) is 11.0 Å². The Hall–Kier alpha value is -3.42. The van der Waals surface area contributed by atoms with Crippen molar-refractivity contribution >= 4 is 16.7 Å². The number of aryl methyl sites for hydroxylation is 4. The van der Waals surface area contributed by atoms with Crippen LogP contribution < -0.4 is 10.1 Å². The first kappa shape index (κ1) is 18.9. The molecule has 0 unspecified atom stereocenters. The zero-order valence-electron chi connectivity index (χ0n) is 16.9. The van der Waals surface area contributed by atoms with Crippen LogP contribution >= 0.6 is 0 Å². The van der Waals surface area contributed by atoms with Gasteiger partial charge in [0.15, 0.2) is 0 Å². The Balaban J connectivity index is 1.57. The van der Waals surface area contributed by atoms with Gasteiger partial charge in [-0.2, -0.15) is 10.2 Å². The fraction of sp³-hybridized carbons (Fsp3) is 0.333. The molecule has 8 nitrogen and oxygen atoms in total. The first-order valence-corrected chi connectivity index (χ1v) is 9.76. The zero-order valence-corrected chi connectivity index (χ0v) is 16.9. The van der Waals surface area contributed by atoms with E-state index in [-0.39, 0.29) is 0 Å². The Morgan fingerprint density at radius 3 is 2.97 bits per heavy atom. The lowest BCUT2D eigenvalue weighted by Crippen LogP contribution is -2.04. The van der Waals surface area contributed by atoms with Gasteiger partial charge in [-0.15, -0.1) is 0 Å². The van der Waals surface area contributed by atoms with Gasteiger partial charge in [0.05, 0.1) is 24.2 Å². The predicted molar refractivity (Wildman–Crippen MR) is 112 cm³/mol. The Kier molecular flexibility index (Phi) is 5.41. The van der Waals surface area contributed by atoms with Crippen molar-refractivity contribution in [1.82, 2.24) is 29.9 Å². The van der Waals surface area contributed by atoms with E-state index in [0.717, 1.165) is 52.1 Å². The lowest BCUT2D eigenvalue weighted by atomic mass is 10.1. The van der Waals surface area contributed by atoms with Crippen molar-refractivity contribution in [3.05, 3.63) is 59.3 Å². The number of ether oxygens (including phenoxy) is 1. The van der Waals surface area contributed by atoms with Crippen molar-refractivity contribution < 1.29 is 4.74 Å². The minimum Gasteiger partial charge on any atom is -0.478 e. The molecule has 0 atom stereocenters. The first-order valence-electron chi connectivity index (χ1n) is 9.76. The highest BCUT2D eigenvalue weighted by Gasteiger charge is 2.12. The summed E-state index contributed by atoms with van der Waals surface area (Å²) < 4.78 is 7.45. The molecule has 4 aromatic heterocycles. The van der Waals surface area contributed by atoms with Crippen molar-refractivity contribution in [3.8, 4) is 5.88 Å². The minimum atomic E-state index is 0.602. The zero-order chi connectivity index (χ0) is 20.2. The molecular formula is C21H25N7O. The molecule has 0 saturated carbocycles. The molecule has 0 saturated heterocycles. The largest absolute Gasteiger partial charge is 0.478 e. The minimum absolute atomic E-state index is 0.602. The highest BCUT2D eigenvalue weighted by molar-refractivity contribution is 5.89. The number of hydrogen-bond acceptors (Lipinski definition) is 6. The standard InChI is InChI=1S/C21H25N7O/c1-4-29-21-16(6-5-9-22-21)7-8-17-10-18(20-19(25-17)14(2)26-27-20)23-11-15-12-24-28(3)13-15/h5-6,9-10,12-13H,4,7-8,11H2,1-3H3,(H,23,25)(H,26,27). The van der Waals surface area contributed by atoms with E-state index in [1.54, 1.807) is 10.9 Å². The molecule has 8 heteroatoms. The maximum Gasteiger partial charge on any atom is 0.216 e. The summed E-state index contributed by atoms with van der Waals surface area (Å²) in [6, 6.07) is 6.09. The fourth-order valence-corrected chi connectivity index (χ4v) is 3.34. The number of rotatable bonds is 8. The SMILES string of the molecule is CCOc1ncccc1CCc1cc(NCc2cnn(C)c2)c2[nH]nc(C)c2n1.